The van der Waals surface area contributed by atoms with E-state index in [4.69, 9.17) is 9.29 Å². The second-order valence-electron chi connectivity index (χ2n) is 4.55. The van der Waals surface area contributed by atoms with Gasteiger partial charge in [-0.1, -0.05) is 23.3 Å². The SMILES string of the molecule is O=S(=O)(O)c1sc(C(F)(F)F)cc1Oc1nnnn1-c1ccccc1. The molecule has 3 rings (SSSR count). The summed E-state index contributed by atoms with van der Waals surface area (Å²) in [4.78, 5) is -1.26. The number of rotatable bonds is 4. The Bertz CT molecular complexity index is 999. The van der Waals surface area contributed by atoms with Crippen LogP contribution in [0.4, 0.5) is 13.2 Å². The summed E-state index contributed by atoms with van der Waals surface area (Å²) in [6.07, 6.45) is -4.81. The molecule has 2 heterocycles. The highest BCUT2D eigenvalue weighted by atomic mass is 32.3. The Morgan fingerprint density at radius 1 is 1.20 bits per heavy atom. The van der Waals surface area contributed by atoms with E-state index in [1.165, 1.54) is 0 Å². The highest BCUT2D eigenvalue weighted by molar-refractivity contribution is 7.88. The van der Waals surface area contributed by atoms with Crippen molar-refractivity contribution in [2.75, 3.05) is 0 Å². The van der Waals surface area contributed by atoms with Gasteiger partial charge in [0.2, 0.25) is 0 Å². The molecular weight excluding hydrogens is 385 g/mol. The van der Waals surface area contributed by atoms with Crippen LogP contribution in [-0.2, 0) is 16.3 Å². The summed E-state index contributed by atoms with van der Waals surface area (Å²) in [5.41, 5.74) is 0.433. The molecule has 0 spiro atoms. The maximum absolute atomic E-state index is 12.8. The molecule has 132 valence electrons. The molecule has 0 unspecified atom stereocenters. The zero-order valence-electron chi connectivity index (χ0n) is 11.9. The second-order valence-corrected chi connectivity index (χ2v) is 7.22. The quantitative estimate of drug-likeness (QED) is 0.680. The number of alkyl halides is 3. The van der Waals surface area contributed by atoms with Crippen LogP contribution in [0, 0.1) is 0 Å². The minimum Gasteiger partial charge on any atom is -0.421 e. The molecule has 3 aromatic rings. The van der Waals surface area contributed by atoms with E-state index in [-0.39, 0.29) is 17.3 Å². The lowest BCUT2D eigenvalue weighted by molar-refractivity contribution is -0.134. The van der Waals surface area contributed by atoms with Crippen LogP contribution >= 0.6 is 11.3 Å². The molecule has 1 N–H and O–H groups in total. The minimum atomic E-state index is -4.94. The Morgan fingerprint density at radius 3 is 2.48 bits per heavy atom. The third kappa shape index (κ3) is 3.62. The van der Waals surface area contributed by atoms with Gasteiger partial charge in [-0.05, 0) is 22.6 Å². The van der Waals surface area contributed by atoms with Crippen molar-refractivity contribution in [3.63, 3.8) is 0 Å². The van der Waals surface area contributed by atoms with Gasteiger partial charge in [-0.2, -0.15) is 26.3 Å². The molecule has 0 aliphatic heterocycles. The zero-order chi connectivity index (χ0) is 18.2. The highest BCUT2D eigenvalue weighted by Crippen LogP contribution is 2.43. The van der Waals surface area contributed by atoms with Gasteiger partial charge in [-0.3, -0.25) is 4.55 Å². The van der Waals surface area contributed by atoms with Crippen LogP contribution in [0.1, 0.15) is 4.88 Å². The fourth-order valence-electron chi connectivity index (χ4n) is 1.82. The van der Waals surface area contributed by atoms with Crippen molar-refractivity contribution in [3.05, 3.63) is 41.3 Å². The molecule has 13 heteroatoms. The summed E-state index contributed by atoms with van der Waals surface area (Å²) in [5, 5.41) is 10.5. The van der Waals surface area contributed by atoms with Crippen molar-refractivity contribution >= 4 is 21.5 Å². The van der Waals surface area contributed by atoms with Crippen molar-refractivity contribution in [2.45, 2.75) is 10.4 Å². The van der Waals surface area contributed by atoms with Crippen molar-refractivity contribution in [3.8, 4) is 17.4 Å². The molecule has 1 aromatic carbocycles. The number of thiophene rings is 1. The van der Waals surface area contributed by atoms with E-state index in [9.17, 15) is 21.6 Å². The Hall–Kier alpha value is -2.51. The summed E-state index contributed by atoms with van der Waals surface area (Å²) < 4.78 is 75.5. The molecule has 0 atom stereocenters. The average Bonchev–Trinajstić information content (AvgIpc) is 3.14. The lowest BCUT2D eigenvalue weighted by atomic mass is 10.3. The predicted octanol–water partition coefficient (Wildman–Crippen LogP) is 2.78. The topological polar surface area (TPSA) is 107 Å². The van der Waals surface area contributed by atoms with Crippen LogP contribution in [0.5, 0.6) is 11.8 Å². The van der Waals surface area contributed by atoms with Crippen molar-refractivity contribution in [1.82, 2.24) is 20.2 Å². The first-order chi connectivity index (χ1) is 11.7. The summed E-state index contributed by atoms with van der Waals surface area (Å²) in [5.74, 6) is -0.730. The number of para-hydroxylation sites is 1. The van der Waals surface area contributed by atoms with E-state index >= 15 is 0 Å². The Balaban J connectivity index is 2.05. The first-order valence-corrected chi connectivity index (χ1v) is 8.62. The van der Waals surface area contributed by atoms with Crippen LogP contribution in [0.2, 0.25) is 0 Å². The summed E-state index contributed by atoms with van der Waals surface area (Å²) in [6, 6.07) is 8.33. The molecule has 0 saturated heterocycles. The smallest absolute Gasteiger partial charge is 0.421 e. The molecule has 0 fully saturated rings. The van der Waals surface area contributed by atoms with Gasteiger partial charge in [0.25, 0.3) is 0 Å². The van der Waals surface area contributed by atoms with Crippen molar-refractivity contribution in [1.29, 1.82) is 0 Å². The number of ether oxygens (including phenoxy) is 1. The first kappa shape index (κ1) is 17.3. The standard InChI is InChI=1S/C12H7F3N4O4S2/c13-12(14,15)9-6-8(10(24-9)25(20,21)22)23-11-16-17-18-19(11)7-4-2-1-3-5-7/h1-6H,(H,20,21,22). The molecule has 25 heavy (non-hydrogen) atoms. The van der Waals surface area contributed by atoms with Crippen molar-refractivity contribution in [2.24, 2.45) is 0 Å². The normalized spacial score (nSPS) is 12.3. The molecule has 0 bridgehead atoms. The maximum Gasteiger partial charge on any atom is 0.425 e. The largest absolute Gasteiger partial charge is 0.425 e. The van der Waals surface area contributed by atoms with E-state index in [1.54, 1.807) is 30.3 Å². The van der Waals surface area contributed by atoms with E-state index < -0.39 is 31.1 Å². The summed E-state index contributed by atoms with van der Waals surface area (Å²) in [6.45, 7) is 0. The number of aromatic nitrogens is 4. The molecule has 0 aliphatic carbocycles. The molecular formula is C12H7F3N4O4S2. The van der Waals surface area contributed by atoms with Crippen LogP contribution in [-0.4, -0.2) is 33.2 Å². The monoisotopic (exact) mass is 392 g/mol. The maximum atomic E-state index is 12.8. The van der Waals surface area contributed by atoms with Gasteiger partial charge >= 0.3 is 22.3 Å². The molecule has 2 aromatic heterocycles. The second kappa shape index (κ2) is 6.09. The summed E-state index contributed by atoms with van der Waals surface area (Å²) in [7, 11) is -4.94. The first-order valence-electron chi connectivity index (χ1n) is 6.36. The molecule has 0 radical (unpaired) electrons. The Kier molecular flexibility index (Phi) is 4.22. The van der Waals surface area contributed by atoms with Gasteiger partial charge in [0.05, 0.1) is 5.69 Å². The number of benzene rings is 1. The minimum absolute atomic E-state index is 0.169. The fraction of sp³-hybridized carbons (Fsp3) is 0.0833. The molecule has 0 aliphatic rings. The van der Waals surface area contributed by atoms with Crippen LogP contribution in [0.15, 0.2) is 40.6 Å². The Labute approximate surface area is 142 Å². The molecule has 8 nitrogen and oxygen atoms in total. The zero-order valence-corrected chi connectivity index (χ0v) is 13.5. The van der Waals surface area contributed by atoms with Crippen LogP contribution < -0.4 is 4.74 Å². The number of hydrogen-bond acceptors (Lipinski definition) is 7. The van der Waals surface area contributed by atoms with Gasteiger partial charge in [-0.15, -0.1) is 11.3 Å². The third-order valence-electron chi connectivity index (χ3n) is 2.82. The Morgan fingerprint density at radius 2 is 1.88 bits per heavy atom. The number of hydrogen-bond donors (Lipinski definition) is 1. The van der Waals surface area contributed by atoms with Gasteiger partial charge < -0.3 is 4.74 Å². The molecule has 0 saturated carbocycles. The van der Waals surface area contributed by atoms with E-state index in [0.717, 1.165) is 4.68 Å². The molecule has 0 amide bonds. The highest BCUT2D eigenvalue weighted by Gasteiger charge is 2.37. The van der Waals surface area contributed by atoms with Crippen molar-refractivity contribution < 1.29 is 30.9 Å². The van der Waals surface area contributed by atoms with Gasteiger partial charge in [-0.25, -0.2) is 0 Å². The van der Waals surface area contributed by atoms with Crippen LogP contribution in [0.3, 0.4) is 0 Å². The lowest BCUT2D eigenvalue weighted by Gasteiger charge is -2.05. The van der Waals surface area contributed by atoms with E-state index in [0.29, 0.717) is 11.8 Å². The average molecular weight is 392 g/mol. The van der Waals surface area contributed by atoms with Gasteiger partial charge in [0, 0.05) is 6.07 Å². The van der Waals surface area contributed by atoms with Crippen LogP contribution in [0.25, 0.3) is 5.69 Å². The van der Waals surface area contributed by atoms with Gasteiger partial charge in [0.15, 0.2) is 9.96 Å². The van der Waals surface area contributed by atoms with E-state index in [1.807, 2.05) is 0 Å². The van der Waals surface area contributed by atoms with E-state index in [2.05, 4.69) is 15.5 Å². The third-order valence-corrected chi connectivity index (χ3v) is 5.33. The lowest BCUT2D eigenvalue weighted by Crippen LogP contribution is -2.02. The predicted molar refractivity (Wildman–Crippen MR) is 78.4 cm³/mol. The fourth-order valence-corrected chi connectivity index (χ4v) is 3.55. The number of tetrazole rings is 1. The summed E-state index contributed by atoms with van der Waals surface area (Å²) >= 11 is -0.169. The van der Waals surface area contributed by atoms with Gasteiger partial charge in [0.1, 0.15) is 4.88 Å². The number of nitrogens with zero attached hydrogens (tertiary/aromatic N) is 4. The number of halogens is 3.